The average molecular weight is 714 g/mol. The first kappa shape index (κ1) is 36.7. The molecule has 0 N–H and O–H groups in total. The van der Waals surface area contributed by atoms with Gasteiger partial charge in [-0.25, -0.2) is 0 Å². The summed E-state index contributed by atoms with van der Waals surface area (Å²) < 4.78 is 347. The Hall–Kier alpha value is -1.48. The zero-order valence-corrected chi connectivity index (χ0v) is 18.4. The summed E-state index contributed by atoms with van der Waals surface area (Å²) in [5.74, 6) is 0. The quantitative estimate of drug-likeness (QED) is 0.186. The van der Waals surface area contributed by atoms with Crippen LogP contribution in [0, 0.1) is 0 Å². The van der Waals surface area contributed by atoms with Crippen LogP contribution in [0.1, 0.15) is 0 Å². The Labute approximate surface area is 208 Å². The first-order valence-corrected chi connectivity index (χ1v) is 10.6. The molecule has 252 valence electrons. The molecule has 2 aliphatic rings. The van der Waals surface area contributed by atoms with Crippen molar-refractivity contribution in [3.05, 3.63) is 0 Å². The molecule has 0 unspecified atom stereocenters. The Bertz CT molecular complexity index is 849. The molecule has 1 spiro atoms. The molecule has 0 amide bonds. The zero-order chi connectivity index (χ0) is 34.3. The van der Waals surface area contributed by atoms with Gasteiger partial charge >= 0.3 is 207 Å². The number of alkyl halides is 24. The number of rotatable bonds is 0. The van der Waals surface area contributed by atoms with Gasteiger partial charge in [0.1, 0.15) is 0 Å². The fourth-order valence-corrected chi connectivity index (χ4v) is 7.22. The number of hydrogen-bond acceptors (Lipinski definition) is 4. The topological polar surface area (TPSA) is 36.9 Å². The Morgan fingerprint density at radius 3 is 0.429 bits per heavy atom. The average Bonchev–Trinajstić information content (AvgIpc) is 3.06. The summed E-state index contributed by atoms with van der Waals surface area (Å²) >= 11 is 0. The van der Waals surface area contributed by atoms with E-state index >= 15 is 4.20 Å². The molecule has 0 aromatic rings. The van der Waals surface area contributed by atoms with Crippen molar-refractivity contribution < 1.29 is 128 Å². The van der Waals surface area contributed by atoms with Gasteiger partial charge in [-0.05, 0) is 0 Å². The van der Waals surface area contributed by atoms with E-state index in [1.54, 1.807) is 18.1 Å². The monoisotopic (exact) mass is 714 g/mol. The third kappa shape index (κ3) is 3.99. The van der Waals surface area contributed by atoms with Gasteiger partial charge in [0.05, 0.1) is 0 Å². The third-order valence-electron chi connectivity index (χ3n) is 5.32. The maximum atomic E-state index is 15.7. The molecule has 2 rings (SSSR count). The summed E-state index contributed by atoms with van der Waals surface area (Å²) in [7, 11) is -11.7. The van der Waals surface area contributed by atoms with Crippen LogP contribution in [0.2, 0.25) is 0 Å². The maximum absolute atomic E-state index is 15.7. The van der Waals surface area contributed by atoms with Crippen molar-refractivity contribution in [3.63, 3.8) is 0 Å². The molecule has 2 aliphatic heterocycles. The molecule has 30 heteroatoms. The first-order chi connectivity index (χ1) is 17.6. The van der Waals surface area contributed by atoms with E-state index < -0.39 is 79.6 Å². The molecule has 2 fully saturated rings. The summed E-state index contributed by atoms with van der Waals surface area (Å²) in [6.07, 6.45) is -70.1. The van der Waals surface area contributed by atoms with Crippen LogP contribution >= 0.6 is 7.82 Å². The van der Waals surface area contributed by atoms with Crippen molar-refractivity contribution in [1.29, 1.82) is 0 Å². The Morgan fingerprint density at radius 2 is 0.357 bits per heavy atom. The molecule has 0 atom stereocenters. The Morgan fingerprint density at radius 1 is 0.262 bits per heavy atom. The van der Waals surface area contributed by atoms with Crippen molar-refractivity contribution in [2.75, 3.05) is 0 Å². The third-order valence-corrected chi connectivity index (χ3v) is 7.58. The van der Waals surface area contributed by atoms with Gasteiger partial charge in [-0.1, -0.05) is 0 Å². The Balaban J connectivity index is 3.45. The second-order valence-corrected chi connectivity index (χ2v) is 9.97. The van der Waals surface area contributed by atoms with E-state index in [9.17, 15) is 105 Å². The molecule has 42 heavy (non-hydrogen) atoms. The molecule has 0 saturated carbocycles. The van der Waals surface area contributed by atoms with Crippen molar-refractivity contribution in [3.8, 4) is 0 Å². The van der Waals surface area contributed by atoms with Crippen LogP contribution in [0.25, 0.3) is 0 Å². The van der Waals surface area contributed by atoms with Crippen LogP contribution in [0.4, 0.5) is 110 Å². The van der Waals surface area contributed by atoms with Crippen molar-refractivity contribution in [2.45, 2.75) is 71.8 Å². The van der Waals surface area contributed by atoms with Crippen LogP contribution in [0.3, 0.4) is 0 Å². The molecule has 0 aliphatic carbocycles. The van der Waals surface area contributed by atoms with Crippen LogP contribution in [0.15, 0.2) is 0 Å². The molecule has 4 nitrogen and oxygen atoms in total. The second-order valence-electron chi connectivity index (χ2n) is 7.80. The molecule has 0 bridgehead atoms. The van der Waals surface area contributed by atoms with E-state index in [1.807, 2.05) is 0 Å². The minimum absolute atomic E-state index is 1.68. The predicted octanol–water partition coefficient (Wildman–Crippen LogP) is 8.63. The minimum atomic E-state index is -11.7. The van der Waals surface area contributed by atoms with Gasteiger partial charge in [0.15, 0.2) is 0 Å². The van der Waals surface area contributed by atoms with E-state index in [0.717, 1.165) is 0 Å². The van der Waals surface area contributed by atoms with Crippen LogP contribution in [-0.4, -0.2) is 71.8 Å². The summed E-state index contributed by atoms with van der Waals surface area (Å²) in [6.45, 7) is 0. The SMILES string of the molecule is FC(F)(F)C1(C(F)(F)F)OP2(F)(OC1(C(F)(F)F)C(F)(F)F)OC(C(F)(F)F)(C(F)(F)F)C(C(F)(F)F)(C(F)(F)F)O2. The van der Waals surface area contributed by atoms with E-state index in [-0.39, 0.29) is 0 Å². The summed E-state index contributed by atoms with van der Waals surface area (Å²) in [4.78, 5) is 0. The van der Waals surface area contributed by atoms with Crippen molar-refractivity contribution in [1.82, 2.24) is 0 Å². The molecule has 0 aromatic heterocycles. The van der Waals surface area contributed by atoms with Gasteiger partial charge < -0.3 is 0 Å². The van der Waals surface area contributed by atoms with Gasteiger partial charge in [-0.2, -0.15) is 0 Å². The Kier molecular flexibility index (Phi) is 7.17. The van der Waals surface area contributed by atoms with Crippen LogP contribution in [0.5, 0.6) is 0 Å². The molecule has 0 radical (unpaired) electrons. The molecular weight excluding hydrogens is 714 g/mol. The second kappa shape index (κ2) is 8.21. The van der Waals surface area contributed by atoms with E-state index in [4.69, 9.17) is 0 Å². The van der Waals surface area contributed by atoms with Gasteiger partial charge in [0.25, 0.3) is 0 Å². The molecule has 2 saturated heterocycles. The van der Waals surface area contributed by atoms with Crippen molar-refractivity contribution in [2.24, 2.45) is 0 Å². The van der Waals surface area contributed by atoms with Gasteiger partial charge in [-0.15, -0.1) is 0 Å². The molecular formula is C12F25O4P. The fourth-order valence-electron chi connectivity index (χ4n) is 3.90. The van der Waals surface area contributed by atoms with Crippen LogP contribution < -0.4 is 0 Å². The molecule has 0 aromatic carbocycles. The van der Waals surface area contributed by atoms with E-state index in [2.05, 4.69) is 0 Å². The van der Waals surface area contributed by atoms with E-state index in [0.29, 0.717) is 0 Å². The van der Waals surface area contributed by atoms with Gasteiger partial charge in [-0.3, -0.25) is 0 Å². The fraction of sp³-hybridized carbons (Fsp3) is 1.00. The predicted molar refractivity (Wildman–Crippen MR) is 71.7 cm³/mol. The van der Waals surface area contributed by atoms with E-state index in [1.165, 1.54) is 0 Å². The molecule has 2 heterocycles. The van der Waals surface area contributed by atoms with Crippen LogP contribution in [-0.2, 0) is 18.1 Å². The van der Waals surface area contributed by atoms with Gasteiger partial charge in [0, 0.05) is 0 Å². The normalized spacial score (nSPS) is 27.1. The summed E-state index contributed by atoms with van der Waals surface area (Å²) in [5, 5.41) is 0. The number of hydrogen-bond donors (Lipinski definition) is 0. The standard InChI is InChI=1S/C12F25O4P/c13-5(14,15)1(6(16,17)18)2(7(19,20)21,8(22,23)24)39-42(37,38-1)40-3(9(25,26)27,10(28,29)30)4(41-42,11(31,32)33)12(34,35)36. The summed E-state index contributed by atoms with van der Waals surface area (Å²) in [5.41, 5.74) is -35.5. The van der Waals surface area contributed by atoms with Gasteiger partial charge in [0.2, 0.25) is 0 Å². The first-order valence-electron chi connectivity index (χ1n) is 8.75. The number of halogens is 25. The summed E-state index contributed by atoms with van der Waals surface area (Å²) in [6, 6.07) is 0. The zero-order valence-electron chi connectivity index (χ0n) is 17.5. The van der Waals surface area contributed by atoms with Crippen molar-refractivity contribution >= 4 is 7.82 Å².